The number of nitrogens with zero attached hydrogens (tertiary/aromatic N) is 1. The van der Waals surface area contributed by atoms with Crippen LogP contribution < -0.4 is 4.74 Å². The zero-order chi connectivity index (χ0) is 26.6. The molecule has 0 spiro atoms. The van der Waals surface area contributed by atoms with Crippen LogP contribution in [-0.4, -0.2) is 54.3 Å². The molecule has 1 aromatic rings. The molecule has 1 amide bonds. The summed E-state index contributed by atoms with van der Waals surface area (Å²) in [6.07, 6.45) is 8.34. The highest BCUT2D eigenvalue weighted by molar-refractivity contribution is 14.1. The van der Waals surface area contributed by atoms with E-state index in [1.165, 1.54) is 17.2 Å². The van der Waals surface area contributed by atoms with Crippen LogP contribution in [0, 0.1) is 0 Å². The average Bonchev–Trinajstić information content (AvgIpc) is 3.10. The SMILES string of the molecule is CC(C)=CCC/C(C)=C/CCC1(C)Oc2c(c(O)cc3c2CN(CCC[C@@H](I)C(=O)O)C3=O)CC1O. The molecule has 2 aliphatic heterocycles. The summed E-state index contributed by atoms with van der Waals surface area (Å²) in [5.74, 6) is -0.562. The van der Waals surface area contributed by atoms with E-state index in [9.17, 15) is 19.8 Å². The highest BCUT2D eigenvalue weighted by atomic mass is 127. The van der Waals surface area contributed by atoms with Crippen molar-refractivity contribution in [2.45, 2.75) is 94.8 Å². The Labute approximate surface area is 227 Å². The third-order valence-electron chi connectivity index (χ3n) is 7.15. The number of phenols is 1. The van der Waals surface area contributed by atoms with Gasteiger partial charge in [-0.3, -0.25) is 9.59 Å². The molecule has 8 heteroatoms. The van der Waals surface area contributed by atoms with Crippen molar-refractivity contribution in [2.24, 2.45) is 0 Å². The summed E-state index contributed by atoms with van der Waals surface area (Å²) < 4.78 is 5.92. The molecule has 3 atom stereocenters. The van der Waals surface area contributed by atoms with Gasteiger partial charge in [-0.25, -0.2) is 0 Å². The number of carboxylic acids is 1. The minimum atomic E-state index is -0.852. The molecule has 0 saturated carbocycles. The topological polar surface area (TPSA) is 107 Å². The molecule has 0 radical (unpaired) electrons. The van der Waals surface area contributed by atoms with Crippen molar-refractivity contribution in [3.8, 4) is 11.5 Å². The maximum atomic E-state index is 13.0. The number of benzene rings is 1. The molecule has 0 aliphatic carbocycles. The molecule has 198 valence electrons. The molecule has 1 aromatic carbocycles. The average molecular weight is 612 g/mol. The first-order valence-corrected chi connectivity index (χ1v) is 13.9. The monoisotopic (exact) mass is 611 g/mol. The fourth-order valence-electron chi connectivity index (χ4n) is 4.82. The second-order valence-electron chi connectivity index (χ2n) is 10.4. The Morgan fingerprint density at radius 2 is 2.00 bits per heavy atom. The van der Waals surface area contributed by atoms with E-state index in [0.717, 1.165) is 24.8 Å². The Morgan fingerprint density at radius 3 is 2.67 bits per heavy atom. The van der Waals surface area contributed by atoms with Crippen LogP contribution in [0.4, 0.5) is 0 Å². The number of hydrogen-bond donors (Lipinski definition) is 3. The van der Waals surface area contributed by atoms with Gasteiger partial charge in [-0.2, -0.15) is 0 Å². The fourth-order valence-corrected chi connectivity index (χ4v) is 5.26. The van der Waals surface area contributed by atoms with E-state index < -0.39 is 21.6 Å². The maximum absolute atomic E-state index is 13.0. The summed E-state index contributed by atoms with van der Waals surface area (Å²) in [4.78, 5) is 25.8. The largest absolute Gasteiger partial charge is 0.508 e. The number of hydrogen-bond acceptors (Lipinski definition) is 5. The standard InChI is InChI=1S/C28H38INO6/c1-17(2)8-5-9-18(3)10-6-12-28(4)24(32)15-20-23(31)14-19-21(25(20)36-28)16-30(26(19)33)13-7-11-22(29)27(34)35/h8,10,14,22,24,31-32H,5-7,9,11-13,15-16H2,1-4H3,(H,34,35)/b18-10+/t22-,24?,28?/m1/s1. The van der Waals surface area contributed by atoms with E-state index in [-0.39, 0.29) is 18.1 Å². The number of aliphatic carboxylic acids is 1. The first kappa shape index (κ1) is 28.5. The van der Waals surface area contributed by atoms with E-state index in [1.807, 2.05) is 29.5 Å². The van der Waals surface area contributed by atoms with Crippen molar-refractivity contribution < 1.29 is 29.6 Å². The number of halogens is 1. The zero-order valence-corrected chi connectivity index (χ0v) is 23.8. The van der Waals surface area contributed by atoms with E-state index in [0.29, 0.717) is 49.2 Å². The van der Waals surface area contributed by atoms with Crippen molar-refractivity contribution >= 4 is 34.5 Å². The molecule has 0 fully saturated rings. The van der Waals surface area contributed by atoms with Crippen LogP contribution >= 0.6 is 22.6 Å². The van der Waals surface area contributed by atoms with Gasteiger partial charge in [0.1, 0.15) is 21.0 Å². The van der Waals surface area contributed by atoms with Gasteiger partial charge in [-0.05, 0) is 72.3 Å². The number of ether oxygens (including phenoxy) is 1. The van der Waals surface area contributed by atoms with Gasteiger partial charge in [-0.15, -0.1) is 0 Å². The molecule has 0 saturated heterocycles. The third-order valence-corrected chi connectivity index (χ3v) is 8.30. The number of carbonyl (C=O) groups is 2. The van der Waals surface area contributed by atoms with Gasteiger partial charge in [0.05, 0.1) is 18.2 Å². The minimum Gasteiger partial charge on any atom is -0.508 e. The van der Waals surface area contributed by atoms with Crippen LogP contribution in [-0.2, 0) is 17.8 Å². The summed E-state index contributed by atoms with van der Waals surface area (Å²) in [6, 6.07) is 1.48. The van der Waals surface area contributed by atoms with Crippen LogP contribution in [0.2, 0.25) is 0 Å². The van der Waals surface area contributed by atoms with Crippen LogP contribution in [0.5, 0.6) is 11.5 Å². The van der Waals surface area contributed by atoms with Crippen LogP contribution in [0.15, 0.2) is 29.4 Å². The normalized spacial score (nSPS) is 22.1. The lowest BCUT2D eigenvalue weighted by atomic mass is 9.84. The molecule has 3 N–H and O–H groups in total. The summed E-state index contributed by atoms with van der Waals surface area (Å²) in [5, 5.41) is 30.7. The van der Waals surface area contributed by atoms with Gasteiger partial charge >= 0.3 is 5.97 Å². The second kappa shape index (κ2) is 12.0. The molecule has 36 heavy (non-hydrogen) atoms. The Morgan fingerprint density at radius 1 is 1.28 bits per heavy atom. The molecule has 0 bridgehead atoms. The summed E-state index contributed by atoms with van der Waals surface area (Å²) in [5.41, 5.74) is 3.48. The number of aliphatic hydroxyl groups is 1. The van der Waals surface area contributed by atoms with Gasteiger partial charge < -0.3 is 25.0 Å². The minimum absolute atomic E-state index is 0.0340. The lowest BCUT2D eigenvalue weighted by molar-refractivity contribution is -0.136. The molecular weight excluding hydrogens is 573 g/mol. The highest BCUT2D eigenvalue weighted by Crippen LogP contribution is 2.46. The Hall–Kier alpha value is -2.07. The van der Waals surface area contributed by atoms with Crippen LogP contribution in [0.3, 0.4) is 0 Å². The summed E-state index contributed by atoms with van der Waals surface area (Å²) in [6.45, 7) is 9.00. The first-order valence-electron chi connectivity index (χ1n) is 12.6. The second-order valence-corrected chi connectivity index (χ2v) is 12.0. The number of aliphatic hydroxyl groups excluding tert-OH is 1. The van der Waals surface area contributed by atoms with Crippen LogP contribution in [0.1, 0.15) is 87.7 Å². The van der Waals surface area contributed by atoms with E-state index in [4.69, 9.17) is 9.84 Å². The Bertz CT molecular complexity index is 1060. The predicted octanol–water partition coefficient (Wildman–Crippen LogP) is 5.54. The van der Waals surface area contributed by atoms with Crippen molar-refractivity contribution in [3.05, 3.63) is 46.1 Å². The number of carboxylic acid groups (broad SMARTS) is 1. The molecule has 3 rings (SSSR count). The first-order chi connectivity index (χ1) is 16.9. The number of carbonyl (C=O) groups excluding carboxylic acids is 1. The number of allylic oxidation sites excluding steroid dienone is 4. The number of aromatic hydroxyl groups is 1. The Balaban J connectivity index is 1.72. The number of phenolic OH excluding ortho intramolecular Hbond substituents is 1. The van der Waals surface area contributed by atoms with Gasteiger partial charge in [0.25, 0.3) is 5.91 Å². The molecule has 2 heterocycles. The summed E-state index contributed by atoms with van der Waals surface area (Å²) >= 11 is 1.90. The van der Waals surface area contributed by atoms with Gasteiger partial charge in [0.15, 0.2) is 0 Å². The van der Waals surface area contributed by atoms with E-state index in [1.54, 1.807) is 4.90 Å². The predicted molar refractivity (Wildman–Crippen MR) is 148 cm³/mol. The van der Waals surface area contributed by atoms with Crippen LogP contribution in [0.25, 0.3) is 0 Å². The maximum Gasteiger partial charge on any atom is 0.316 e. The van der Waals surface area contributed by atoms with Gasteiger partial charge in [0.2, 0.25) is 0 Å². The number of amides is 1. The Kier molecular flexibility index (Phi) is 9.49. The molecule has 7 nitrogen and oxygen atoms in total. The van der Waals surface area contributed by atoms with Gasteiger partial charge in [0, 0.05) is 24.1 Å². The van der Waals surface area contributed by atoms with E-state index >= 15 is 0 Å². The van der Waals surface area contributed by atoms with Crippen molar-refractivity contribution in [1.29, 1.82) is 0 Å². The quantitative estimate of drug-likeness (QED) is 0.172. The molecule has 0 aromatic heterocycles. The summed E-state index contributed by atoms with van der Waals surface area (Å²) in [7, 11) is 0. The number of fused-ring (bicyclic) bond motifs is 3. The smallest absolute Gasteiger partial charge is 0.316 e. The molecular formula is C28H38INO6. The lowest BCUT2D eigenvalue weighted by Crippen LogP contribution is -2.49. The number of alkyl halides is 1. The van der Waals surface area contributed by atoms with E-state index in [2.05, 4.69) is 32.9 Å². The van der Waals surface area contributed by atoms with Gasteiger partial charge in [-0.1, -0.05) is 45.9 Å². The number of rotatable bonds is 11. The third kappa shape index (κ3) is 6.62. The zero-order valence-electron chi connectivity index (χ0n) is 21.6. The lowest BCUT2D eigenvalue weighted by Gasteiger charge is -2.40. The molecule has 2 unspecified atom stereocenters. The van der Waals surface area contributed by atoms with Crippen molar-refractivity contribution in [1.82, 2.24) is 4.90 Å². The van der Waals surface area contributed by atoms with Crippen molar-refractivity contribution in [2.75, 3.05) is 6.54 Å². The highest BCUT2D eigenvalue weighted by Gasteiger charge is 2.44. The molecule has 2 aliphatic rings. The fraction of sp³-hybridized carbons (Fsp3) is 0.571. The van der Waals surface area contributed by atoms with Crippen molar-refractivity contribution in [3.63, 3.8) is 0 Å².